The van der Waals surface area contributed by atoms with Crippen LogP contribution in [0.5, 0.6) is 0 Å². The van der Waals surface area contributed by atoms with Crippen LogP contribution in [0.25, 0.3) is 0 Å². The number of aryl methyl sites for hydroxylation is 2. The Balaban J connectivity index is 1.49. The number of hydrogen-bond acceptors (Lipinski definition) is 5. The van der Waals surface area contributed by atoms with E-state index in [-0.39, 0.29) is 5.92 Å². The number of thiazole rings is 1. The number of aromatic nitrogens is 1. The molecule has 22 heavy (non-hydrogen) atoms. The normalized spacial score (nSPS) is 21.3. The van der Waals surface area contributed by atoms with Crippen molar-refractivity contribution < 1.29 is 4.79 Å². The molecule has 0 aliphatic carbocycles. The van der Waals surface area contributed by atoms with Gasteiger partial charge in [-0.3, -0.25) is 9.69 Å². The molecule has 2 aliphatic heterocycles. The number of rotatable bonds is 3. The fourth-order valence-corrected chi connectivity index (χ4v) is 5.19. The van der Waals surface area contributed by atoms with Gasteiger partial charge in [0.25, 0.3) is 0 Å². The first-order chi connectivity index (χ1) is 10.6. The van der Waals surface area contributed by atoms with Crippen LogP contribution in [0.3, 0.4) is 0 Å². The predicted octanol–water partition coefficient (Wildman–Crippen LogP) is 2.55. The Morgan fingerprint density at radius 2 is 1.86 bits per heavy atom. The van der Waals surface area contributed by atoms with Crippen LogP contribution in [-0.4, -0.2) is 58.4 Å². The molecule has 1 aromatic rings. The quantitative estimate of drug-likeness (QED) is 0.848. The molecule has 1 amide bonds. The monoisotopic (exact) mass is 339 g/mol. The molecule has 1 aromatic heterocycles. The summed E-state index contributed by atoms with van der Waals surface area (Å²) in [5.41, 5.74) is 1.17. The van der Waals surface area contributed by atoms with Crippen molar-refractivity contribution in [2.75, 3.05) is 37.7 Å². The van der Waals surface area contributed by atoms with E-state index in [1.165, 1.54) is 10.6 Å². The van der Waals surface area contributed by atoms with E-state index >= 15 is 0 Å². The van der Waals surface area contributed by atoms with Gasteiger partial charge in [-0.1, -0.05) is 0 Å². The molecule has 2 fully saturated rings. The second kappa shape index (κ2) is 7.32. The van der Waals surface area contributed by atoms with E-state index in [9.17, 15) is 4.79 Å². The summed E-state index contributed by atoms with van der Waals surface area (Å²) in [5.74, 6) is 2.87. The fraction of sp³-hybridized carbons (Fsp3) is 0.750. The second-order valence-corrected chi connectivity index (χ2v) is 8.74. The third kappa shape index (κ3) is 3.84. The number of carbonyl (C=O) groups excluding carboxylic acids is 1. The summed E-state index contributed by atoms with van der Waals surface area (Å²) in [6, 6.07) is 0. The SMILES string of the molecule is Cc1nc(C)c(CN2CCC(C(=O)N3CCSCC3)CC2)s1. The highest BCUT2D eigenvalue weighted by atomic mass is 32.2. The third-order valence-corrected chi connectivity index (χ3v) is 6.63. The molecule has 0 spiro atoms. The molecule has 2 saturated heterocycles. The van der Waals surface area contributed by atoms with Crippen LogP contribution in [0.4, 0.5) is 0 Å². The van der Waals surface area contributed by atoms with Crippen LogP contribution in [0.1, 0.15) is 28.4 Å². The minimum Gasteiger partial charge on any atom is -0.341 e. The van der Waals surface area contributed by atoms with Crippen molar-refractivity contribution in [2.24, 2.45) is 5.92 Å². The molecule has 122 valence electrons. The number of piperidine rings is 1. The van der Waals surface area contributed by atoms with E-state index < -0.39 is 0 Å². The summed E-state index contributed by atoms with van der Waals surface area (Å²) in [6.07, 6.45) is 2.03. The Bertz CT molecular complexity index is 517. The van der Waals surface area contributed by atoms with Gasteiger partial charge in [0.05, 0.1) is 10.7 Å². The van der Waals surface area contributed by atoms with E-state index in [1.807, 2.05) is 23.1 Å². The molecule has 3 heterocycles. The number of carbonyl (C=O) groups is 1. The summed E-state index contributed by atoms with van der Waals surface area (Å²) in [7, 11) is 0. The van der Waals surface area contributed by atoms with E-state index in [1.54, 1.807) is 0 Å². The van der Waals surface area contributed by atoms with E-state index in [0.29, 0.717) is 5.91 Å². The molecule has 4 nitrogen and oxygen atoms in total. The van der Waals surface area contributed by atoms with E-state index in [2.05, 4.69) is 28.6 Å². The molecule has 6 heteroatoms. The first kappa shape index (κ1) is 16.3. The molecule has 0 bridgehead atoms. The van der Waals surface area contributed by atoms with Gasteiger partial charge in [-0.25, -0.2) is 4.98 Å². The Labute approximate surface area is 141 Å². The van der Waals surface area contributed by atoms with Gasteiger partial charge in [0, 0.05) is 41.9 Å². The first-order valence-electron chi connectivity index (χ1n) is 8.15. The lowest BCUT2D eigenvalue weighted by atomic mass is 9.95. The largest absolute Gasteiger partial charge is 0.341 e. The summed E-state index contributed by atoms with van der Waals surface area (Å²) in [5, 5.41) is 1.15. The lowest BCUT2D eigenvalue weighted by Crippen LogP contribution is -2.45. The number of hydrogen-bond donors (Lipinski definition) is 0. The Morgan fingerprint density at radius 3 is 2.45 bits per heavy atom. The second-order valence-electron chi connectivity index (χ2n) is 6.23. The molecule has 0 N–H and O–H groups in total. The number of amides is 1. The van der Waals surface area contributed by atoms with E-state index in [4.69, 9.17) is 0 Å². The topological polar surface area (TPSA) is 36.4 Å². The Morgan fingerprint density at radius 1 is 1.18 bits per heavy atom. The van der Waals surface area contributed by atoms with Gasteiger partial charge in [-0.2, -0.15) is 11.8 Å². The zero-order chi connectivity index (χ0) is 15.5. The maximum Gasteiger partial charge on any atom is 0.225 e. The zero-order valence-electron chi connectivity index (χ0n) is 13.5. The van der Waals surface area contributed by atoms with Crippen molar-refractivity contribution in [1.29, 1.82) is 0 Å². The van der Waals surface area contributed by atoms with Crippen LogP contribution in [0, 0.1) is 19.8 Å². The average molecular weight is 340 g/mol. The molecule has 2 aliphatic rings. The average Bonchev–Trinajstić information content (AvgIpc) is 2.86. The molecule has 0 radical (unpaired) electrons. The first-order valence-corrected chi connectivity index (χ1v) is 10.1. The molecule has 0 aromatic carbocycles. The minimum atomic E-state index is 0.253. The van der Waals surface area contributed by atoms with Gasteiger partial charge in [-0.15, -0.1) is 11.3 Å². The fourth-order valence-electron chi connectivity index (χ4n) is 3.30. The van der Waals surface area contributed by atoms with Crippen LogP contribution in [0.15, 0.2) is 0 Å². The lowest BCUT2D eigenvalue weighted by molar-refractivity contribution is -0.136. The van der Waals surface area contributed by atoms with Crippen molar-refractivity contribution in [3.8, 4) is 0 Å². The van der Waals surface area contributed by atoms with Crippen molar-refractivity contribution in [1.82, 2.24) is 14.8 Å². The summed E-state index contributed by atoms with van der Waals surface area (Å²) in [6.45, 7) is 9.14. The van der Waals surface area contributed by atoms with Crippen molar-refractivity contribution >= 4 is 29.0 Å². The zero-order valence-corrected chi connectivity index (χ0v) is 15.1. The molecular weight excluding hydrogens is 314 g/mol. The minimum absolute atomic E-state index is 0.253. The van der Waals surface area contributed by atoms with E-state index in [0.717, 1.165) is 62.1 Å². The predicted molar refractivity (Wildman–Crippen MR) is 93.5 cm³/mol. The third-order valence-electron chi connectivity index (χ3n) is 4.63. The molecular formula is C16H25N3OS2. The molecule has 0 atom stereocenters. The van der Waals surface area contributed by atoms with Gasteiger partial charge in [0.2, 0.25) is 5.91 Å². The van der Waals surface area contributed by atoms with Crippen LogP contribution < -0.4 is 0 Å². The highest BCUT2D eigenvalue weighted by Crippen LogP contribution is 2.25. The maximum absolute atomic E-state index is 12.6. The summed E-state index contributed by atoms with van der Waals surface area (Å²) >= 11 is 3.77. The van der Waals surface area contributed by atoms with Gasteiger partial charge >= 0.3 is 0 Å². The lowest BCUT2D eigenvalue weighted by Gasteiger charge is -2.35. The summed E-state index contributed by atoms with van der Waals surface area (Å²) in [4.78, 5) is 23.0. The smallest absolute Gasteiger partial charge is 0.225 e. The molecule has 0 saturated carbocycles. The number of nitrogens with zero attached hydrogens (tertiary/aromatic N) is 3. The van der Waals surface area contributed by atoms with Crippen molar-refractivity contribution in [3.63, 3.8) is 0 Å². The van der Waals surface area contributed by atoms with Crippen LogP contribution in [0.2, 0.25) is 0 Å². The highest BCUT2D eigenvalue weighted by Gasteiger charge is 2.29. The van der Waals surface area contributed by atoms with Crippen molar-refractivity contribution in [2.45, 2.75) is 33.2 Å². The number of likely N-dealkylation sites (tertiary alicyclic amines) is 1. The van der Waals surface area contributed by atoms with Gasteiger partial charge in [-0.05, 0) is 39.8 Å². The highest BCUT2D eigenvalue weighted by molar-refractivity contribution is 7.99. The van der Waals surface area contributed by atoms with Gasteiger partial charge in [0.1, 0.15) is 0 Å². The van der Waals surface area contributed by atoms with Crippen molar-refractivity contribution in [3.05, 3.63) is 15.6 Å². The Hall–Kier alpha value is -0.590. The standard InChI is InChI=1S/C16H25N3OS2/c1-12-15(22-13(2)17-12)11-18-5-3-14(4-6-18)16(20)19-7-9-21-10-8-19/h14H,3-11H2,1-2H3. The van der Waals surface area contributed by atoms with Gasteiger partial charge < -0.3 is 4.90 Å². The Kier molecular flexibility index (Phi) is 5.42. The number of thioether (sulfide) groups is 1. The molecule has 0 unspecified atom stereocenters. The maximum atomic E-state index is 12.6. The van der Waals surface area contributed by atoms with Gasteiger partial charge in [0.15, 0.2) is 0 Å². The van der Waals surface area contributed by atoms with Crippen LogP contribution in [-0.2, 0) is 11.3 Å². The molecule has 3 rings (SSSR count). The van der Waals surface area contributed by atoms with Crippen LogP contribution >= 0.6 is 23.1 Å². The summed E-state index contributed by atoms with van der Waals surface area (Å²) < 4.78 is 0.